The number of phenols is 1. The number of phenolic OH excluding ortho intramolecular Hbond substituents is 1. The molecular weight excluding hydrogens is 384 g/mol. The molecule has 0 heterocycles. The number of hydrogen-bond acceptors (Lipinski definition) is 6. The van der Waals surface area contributed by atoms with Crippen molar-refractivity contribution in [3.63, 3.8) is 0 Å². The fourth-order valence-electron chi connectivity index (χ4n) is 3.45. The molecule has 6 heteroatoms. The summed E-state index contributed by atoms with van der Waals surface area (Å²) in [5.74, 6) is 0.809. The molecule has 1 N–H and O–H groups in total. The van der Waals surface area contributed by atoms with Crippen molar-refractivity contribution in [2.45, 2.75) is 31.8 Å². The van der Waals surface area contributed by atoms with E-state index in [2.05, 4.69) is 6.58 Å². The van der Waals surface area contributed by atoms with E-state index in [1.165, 1.54) is 26.4 Å². The highest BCUT2D eigenvalue weighted by Crippen LogP contribution is 2.38. The van der Waals surface area contributed by atoms with Crippen LogP contribution >= 0.6 is 0 Å². The van der Waals surface area contributed by atoms with E-state index in [-0.39, 0.29) is 22.8 Å². The molecule has 0 bridgehead atoms. The van der Waals surface area contributed by atoms with Crippen LogP contribution in [-0.4, -0.2) is 44.9 Å². The van der Waals surface area contributed by atoms with Crippen LogP contribution in [0.1, 0.15) is 36.5 Å². The van der Waals surface area contributed by atoms with Gasteiger partial charge in [-0.25, -0.2) is 0 Å². The SMILES string of the molecule is C=C(C)CCC1(OC)CC(C=CC(=O)c2c(O)cc(OC)cc2OC)=CC=C1OC. The molecule has 0 aliphatic heterocycles. The average Bonchev–Trinajstić information content (AvgIpc) is 2.75. The van der Waals surface area contributed by atoms with Gasteiger partial charge in [0.05, 0.1) is 21.3 Å². The molecule has 0 aromatic heterocycles. The Kier molecular flexibility index (Phi) is 7.89. The number of allylic oxidation sites excluding steroid dienone is 5. The minimum atomic E-state index is -0.620. The Morgan fingerprint density at radius 2 is 1.90 bits per heavy atom. The zero-order chi connectivity index (χ0) is 22.3. The molecule has 0 spiro atoms. The second kappa shape index (κ2) is 10.2. The minimum absolute atomic E-state index is 0.0827. The van der Waals surface area contributed by atoms with E-state index in [9.17, 15) is 9.90 Å². The number of aromatic hydroxyl groups is 1. The first-order valence-electron chi connectivity index (χ1n) is 9.62. The van der Waals surface area contributed by atoms with E-state index in [0.29, 0.717) is 18.6 Å². The van der Waals surface area contributed by atoms with Crippen molar-refractivity contribution in [1.82, 2.24) is 0 Å². The first kappa shape index (κ1) is 23.3. The van der Waals surface area contributed by atoms with E-state index in [1.54, 1.807) is 26.4 Å². The summed E-state index contributed by atoms with van der Waals surface area (Å²) in [6.07, 6.45) is 8.95. The Bertz CT molecular complexity index is 893. The second-order valence-corrected chi connectivity index (χ2v) is 7.23. The molecule has 1 aliphatic carbocycles. The van der Waals surface area contributed by atoms with Crippen molar-refractivity contribution in [3.05, 3.63) is 65.5 Å². The number of ether oxygens (including phenoxy) is 4. The van der Waals surface area contributed by atoms with Crippen molar-refractivity contribution in [2.75, 3.05) is 28.4 Å². The first-order valence-corrected chi connectivity index (χ1v) is 9.62. The molecule has 1 aromatic carbocycles. The molecule has 0 radical (unpaired) electrons. The lowest BCUT2D eigenvalue weighted by Gasteiger charge is -2.36. The van der Waals surface area contributed by atoms with Crippen molar-refractivity contribution in [3.8, 4) is 17.2 Å². The van der Waals surface area contributed by atoms with Gasteiger partial charge in [0, 0.05) is 25.7 Å². The normalized spacial score (nSPS) is 18.6. The monoisotopic (exact) mass is 414 g/mol. The molecule has 0 saturated carbocycles. The first-order chi connectivity index (χ1) is 14.3. The molecule has 1 atom stereocenters. The van der Waals surface area contributed by atoms with E-state index >= 15 is 0 Å². The molecule has 0 fully saturated rings. The van der Waals surface area contributed by atoms with E-state index in [0.717, 1.165) is 23.3 Å². The highest BCUT2D eigenvalue weighted by atomic mass is 16.5. The number of rotatable bonds is 10. The minimum Gasteiger partial charge on any atom is -0.507 e. The van der Waals surface area contributed by atoms with E-state index in [1.807, 2.05) is 19.1 Å². The number of carbonyl (C=O) groups is 1. The van der Waals surface area contributed by atoms with Gasteiger partial charge >= 0.3 is 0 Å². The molecule has 1 aliphatic rings. The third-order valence-corrected chi connectivity index (χ3v) is 5.16. The maximum atomic E-state index is 12.8. The Labute approximate surface area is 178 Å². The Hall–Kier alpha value is -2.99. The Morgan fingerprint density at radius 1 is 1.17 bits per heavy atom. The highest BCUT2D eigenvalue weighted by molar-refractivity contribution is 6.09. The van der Waals surface area contributed by atoms with Crippen LogP contribution in [0.3, 0.4) is 0 Å². The van der Waals surface area contributed by atoms with Crippen LogP contribution in [0.2, 0.25) is 0 Å². The van der Waals surface area contributed by atoms with Gasteiger partial charge in [-0.1, -0.05) is 17.7 Å². The third-order valence-electron chi connectivity index (χ3n) is 5.16. The van der Waals surface area contributed by atoms with Gasteiger partial charge in [0.2, 0.25) is 0 Å². The molecule has 0 amide bonds. The van der Waals surface area contributed by atoms with Crippen molar-refractivity contribution in [1.29, 1.82) is 0 Å². The standard InChI is InChI=1S/C24H30O6/c1-16(2)11-12-24(30-6)15-17(8-10-22(24)29-5)7-9-19(25)23-20(26)13-18(27-3)14-21(23)28-4/h7-10,13-14,26H,1,11-12,15H2,2-6H3. The molecule has 30 heavy (non-hydrogen) atoms. The molecule has 0 saturated heterocycles. The summed E-state index contributed by atoms with van der Waals surface area (Å²) in [6, 6.07) is 2.94. The lowest BCUT2D eigenvalue weighted by Crippen LogP contribution is -2.36. The van der Waals surface area contributed by atoms with Crippen LogP contribution < -0.4 is 9.47 Å². The number of benzene rings is 1. The summed E-state index contributed by atoms with van der Waals surface area (Å²) in [4.78, 5) is 12.8. The average molecular weight is 414 g/mol. The van der Waals surface area contributed by atoms with Gasteiger partial charge in [-0.2, -0.15) is 0 Å². The smallest absolute Gasteiger partial charge is 0.193 e. The van der Waals surface area contributed by atoms with Gasteiger partial charge in [-0.05, 0) is 37.5 Å². The quantitative estimate of drug-likeness (QED) is 0.338. The van der Waals surface area contributed by atoms with Gasteiger partial charge in [0.25, 0.3) is 0 Å². The van der Waals surface area contributed by atoms with Crippen LogP contribution in [0.15, 0.2) is 59.9 Å². The Balaban J connectivity index is 2.29. The van der Waals surface area contributed by atoms with Crippen LogP contribution in [0.25, 0.3) is 0 Å². The van der Waals surface area contributed by atoms with E-state index < -0.39 is 5.60 Å². The van der Waals surface area contributed by atoms with Gasteiger partial charge in [-0.3, -0.25) is 4.79 Å². The largest absolute Gasteiger partial charge is 0.507 e. The lowest BCUT2D eigenvalue weighted by atomic mass is 9.83. The number of carbonyl (C=O) groups excluding carboxylic acids is 1. The number of methoxy groups -OCH3 is 4. The molecule has 1 aromatic rings. The summed E-state index contributed by atoms with van der Waals surface area (Å²) in [5.41, 5.74) is 1.43. The Morgan fingerprint density at radius 3 is 2.47 bits per heavy atom. The number of ketones is 1. The molecule has 162 valence electrons. The summed E-state index contributed by atoms with van der Waals surface area (Å²) in [6.45, 7) is 5.95. The molecule has 1 unspecified atom stereocenters. The predicted molar refractivity (Wildman–Crippen MR) is 116 cm³/mol. The maximum absolute atomic E-state index is 12.8. The number of hydrogen-bond donors (Lipinski definition) is 1. The fraction of sp³-hybridized carbons (Fsp3) is 0.375. The van der Waals surface area contributed by atoms with Gasteiger partial charge < -0.3 is 24.1 Å². The van der Waals surface area contributed by atoms with Crippen molar-refractivity contribution < 1.29 is 28.8 Å². The summed E-state index contributed by atoms with van der Waals surface area (Å²) < 4.78 is 21.8. The lowest BCUT2D eigenvalue weighted by molar-refractivity contribution is -0.0257. The highest BCUT2D eigenvalue weighted by Gasteiger charge is 2.37. The predicted octanol–water partition coefficient (Wildman–Crippen LogP) is 4.75. The van der Waals surface area contributed by atoms with Crippen LogP contribution in [0.4, 0.5) is 0 Å². The zero-order valence-corrected chi connectivity index (χ0v) is 18.3. The van der Waals surface area contributed by atoms with Gasteiger partial charge in [-0.15, -0.1) is 6.58 Å². The molecular formula is C24H30O6. The van der Waals surface area contributed by atoms with Crippen LogP contribution in [-0.2, 0) is 9.47 Å². The van der Waals surface area contributed by atoms with Gasteiger partial charge in [0.15, 0.2) is 5.78 Å². The van der Waals surface area contributed by atoms with Crippen molar-refractivity contribution >= 4 is 5.78 Å². The van der Waals surface area contributed by atoms with Crippen LogP contribution in [0.5, 0.6) is 17.2 Å². The van der Waals surface area contributed by atoms with Crippen molar-refractivity contribution in [2.24, 2.45) is 0 Å². The second-order valence-electron chi connectivity index (χ2n) is 7.23. The molecule has 2 rings (SSSR count). The summed E-state index contributed by atoms with van der Waals surface area (Å²) >= 11 is 0. The van der Waals surface area contributed by atoms with Crippen LogP contribution in [0, 0.1) is 0 Å². The fourth-order valence-corrected chi connectivity index (χ4v) is 3.45. The third kappa shape index (κ3) is 5.13. The molecule has 6 nitrogen and oxygen atoms in total. The zero-order valence-electron chi connectivity index (χ0n) is 18.3. The maximum Gasteiger partial charge on any atom is 0.193 e. The van der Waals surface area contributed by atoms with Gasteiger partial charge in [0.1, 0.15) is 34.2 Å². The summed E-state index contributed by atoms with van der Waals surface area (Å²) in [5, 5.41) is 10.3. The van der Waals surface area contributed by atoms with E-state index in [4.69, 9.17) is 18.9 Å². The topological polar surface area (TPSA) is 74.2 Å². The summed E-state index contributed by atoms with van der Waals surface area (Å²) in [7, 11) is 6.19.